The molecule has 0 amide bonds. The van der Waals surface area contributed by atoms with Crippen molar-refractivity contribution < 1.29 is 0 Å². The van der Waals surface area contributed by atoms with Crippen molar-refractivity contribution in [3.05, 3.63) is 46.4 Å². The van der Waals surface area contributed by atoms with E-state index in [1.165, 1.54) is 9.90 Å². The predicted octanol–water partition coefficient (Wildman–Crippen LogP) is 4.34. The van der Waals surface area contributed by atoms with Crippen molar-refractivity contribution in [3.63, 3.8) is 0 Å². The number of hydrogen-bond acceptors (Lipinski definition) is 4. The molecule has 0 fully saturated rings. The van der Waals surface area contributed by atoms with Gasteiger partial charge in [0.2, 0.25) is 0 Å². The molecule has 0 aliphatic rings. The van der Waals surface area contributed by atoms with Gasteiger partial charge in [0, 0.05) is 35.5 Å². The van der Waals surface area contributed by atoms with Gasteiger partial charge in [-0.25, -0.2) is 4.98 Å². The van der Waals surface area contributed by atoms with Gasteiger partial charge in [0.1, 0.15) is 0 Å². The number of thiazole rings is 1. The van der Waals surface area contributed by atoms with Crippen LogP contribution < -0.4 is 10.6 Å². The quantitative estimate of drug-likeness (QED) is 0.205. The van der Waals surface area contributed by atoms with Crippen molar-refractivity contribution in [1.29, 1.82) is 0 Å². The molecule has 24 heavy (non-hydrogen) atoms. The molecular weight excluding hydrogens is 451 g/mol. The van der Waals surface area contributed by atoms with E-state index in [1.807, 2.05) is 17.8 Å². The van der Waals surface area contributed by atoms with Crippen LogP contribution in [0.2, 0.25) is 0 Å². The van der Waals surface area contributed by atoms with E-state index >= 15 is 0 Å². The van der Waals surface area contributed by atoms with E-state index in [-0.39, 0.29) is 24.0 Å². The summed E-state index contributed by atoms with van der Waals surface area (Å²) in [5, 5.41) is 9.94. The molecule has 0 spiro atoms. The highest BCUT2D eigenvalue weighted by Gasteiger charge is 2.06. The molecule has 0 bridgehead atoms. The molecule has 0 saturated heterocycles. The summed E-state index contributed by atoms with van der Waals surface area (Å²) in [4.78, 5) is 10.2. The molecule has 132 valence electrons. The highest BCUT2D eigenvalue weighted by Crippen LogP contribution is 2.19. The smallest absolute Gasteiger partial charge is 0.191 e. The van der Waals surface area contributed by atoms with E-state index in [4.69, 9.17) is 0 Å². The second kappa shape index (κ2) is 11.7. The molecule has 2 rings (SSSR count). The van der Waals surface area contributed by atoms with Gasteiger partial charge in [0.15, 0.2) is 5.96 Å². The van der Waals surface area contributed by atoms with Crippen molar-refractivity contribution in [1.82, 2.24) is 15.6 Å². The maximum Gasteiger partial charge on any atom is 0.191 e. The Hall–Kier alpha value is -0.800. The van der Waals surface area contributed by atoms with E-state index in [0.717, 1.165) is 24.0 Å². The zero-order valence-corrected chi connectivity index (χ0v) is 18.2. The Kier molecular flexibility index (Phi) is 10.4. The molecule has 1 aromatic carbocycles. The van der Waals surface area contributed by atoms with Crippen LogP contribution in [0.5, 0.6) is 0 Å². The number of thioether (sulfide) groups is 1. The number of rotatable bonds is 7. The lowest BCUT2D eigenvalue weighted by molar-refractivity contribution is 0.795. The van der Waals surface area contributed by atoms with Gasteiger partial charge in [0.25, 0.3) is 0 Å². The first kappa shape index (κ1) is 21.2. The third-order valence-corrected chi connectivity index (χ3v) is 5.34. The lowest BCUT2D eigenvalue weighted by atomic mass is 10.2. The fourth-order valence-corrected chi connectivity index (χ4v) is 3.54. The number of guanidine groups is 1. The van der Waals surface area contributed by atoms with Crippen LogP contribution in [0.15, 0.2) is 45.6 Å². The molecule has 0 aliphatic heterocycles. The summed E-state index contributed by atoms with van der Waals surface area (Å²) in [6.07, 6.45) is 0. The minimum atomic E-state index is 0. The normalized spacial score (nSPS) is 11.2. The van der Waals surface area contributed by atoms with Crippen molar-refractivity contribution in [3.8, 4) is 0 Å². The van der Waals surface area contributed by atoms with Gasteiger partial charge in [0.05, 0.1) is 17.2 Å². The van der Waals surface area contributed by atoms with Crippen LogP contribution in [-0.4, -0.2) is 30.3 Å². The Morgan fingerprint density at radius 2 is 2.00 bits per heavy atom. The lowest BCUT2D eigenvalue weighted by Crippen LogP contribution is -2.38. The number of aromatic nitrogens is 1. The summed E-state index contributed by atoms with van der Waals surface area (Å²) in [5.74, 6) is 2.30. The van der Waals surface area contributed by atoms with Gasteiger partial charge in [-0.2, -0.15) is 0 Å². The summed E-state index contributed by atoms with van der Waals surface area (Å²) in [7, 11) is 1.79. The molecule has 2 N–H and O–H groups in total. The van der Waals surface area contributed by atoms with Crippen molar-refractivity contribution in [2.45, 2.75) is 31.2 Å². The van der Waals surface area contributed by atoms with Gasteiger partial charge < -0.3 is 10.6 Å². The summed E-state index contributed by atoms with van der Waals surface area (Å²) < 4.78 is 0. The average molecular weight is 476 g/mol. The Balaban J connectivity index is 0.00000288. The highest BCUT2D eigenvalue weighted by atomic mass is 127. The minimum Gasteiger partial charge on any atom is -0.356 e. The maximum absolute atomic E-state index is 4.62. The van der Waals surface area contributed by atoms with Crippen LogP contribution in [0.25, 0.3) is 0 Å². The van der Waals surface area contributed by atoms with E-state index in [2.05, 4.69) is 64.1 Å². The minimum absolute atomic E-state index is 0. The number of nitrogens with zero attached hydrogens (tertiary/aromatic N) is 2. The first-order valence-electron chi connectivity index (χ1n) is 7.75. The van der Waals surface area contributed by atoms with E-state index in [0.29, 0.717) is 12.5 Å². The SMILES string of the molecule is CN=C(NCCSc1ccccc1)NCc1csc(C(C)C)n1.I. The molecule has 7 heteroatoms. The van der Waals surface area contributed by atoms with Crippen molar-refractivity contribution in [2.24, 2.45) is 4.99 Å². The van der Waals surface area contributed by atoms with Gasteiger partial charge in [-0.05, 0) is 12.1 Å². The standard InChI is InChI=1S/C17H24N4S2.HI/c1-13(2)16-21-14(12-23-16)11-20-17(18-3)19-9-10-22-15-7-5-4-6-8-15;/h4-8,12-13H,9-11H2,1-3H3,(H2,18,19,20);1H. The summed E-state index contributed by atoms with van der Waals surface area (Å²) in [6, 6.07) is 10.4. The molecule has 4 nitrogen and oxygen atoms in total. The maximum atomic E-state index is 4.62. The van der Waals surface area contributed by atoms with Gasteiger partial charge in [-0.3, -0.25) is 4.99 Å². The number of benzene rings is 1. The zero-order valence-electron chi connectivity index (χ0n) is 14.3. The summed E-state index contributed by atoms with van der Waals surface area (Å²) in [6.45, 7) is 5.91. The number of nitrogens with one attached hydrogen (secondary N) is 2. The molecule has 0 atom stereocenters. The van der Waals surface area contributed by atoms with Crippen molar-refractivity contribution in [2.75, 3.05) is 19.3 Å². The Morgan fingerprint density at radius 3 is 2.62 bits per heavy atom. The molecule has 1 heterocycles. The fraction of sp³-hybridized carbons (Fsp3) is 0.412. The van der Waals surface area contributed by atoms with Crippen LogP contribution in [0.1, 0.15) is 30.5 Å². The van der Waals surface area contributed by atoms with Crippen LogP contribution in [-0.2, 0) is 6.54 Å². The molecular formula is C17H25IN4S2. The molecule has 0 radical (unpaired) electrons. The van der Waals surface area contributed by atoms with Gasteiger partial charge in [-0.1, -0.05) is 32.0 Å². The topological polar surface area (TPSA) is 49.3 Å². The third-order valence-electron chi connectivity index (χ3n) is 3.13. The van der Waals surface area contributed by atoms with E-state index < -0.39 is 0 Å². The first-order chi connectivity index (χ1) is 11.2. The summed E-state index contributed by atoms with van der Waals surface area (Å²) >= 11 is 3.56. The van der Waals surface area contributed by atoms with Crippen LogP contribution >= 0.6 is 47.1 Å². The average Bonchev–Trinajstić information content (AvgIpc) is 3.04. The van der Waals surface area contributed by atoms with E-state index in [1.54, 1.807) is 18.4 Å². The summed E-state index contributed by atoms with van der Waals surface area (Å²) in [5.41, 5.74) is 1.07. The second-order valence-electron chi connectivity index (χ2n) is 5.35. The number of halogens is 1. The number of aliphatic imine (C=N–C) groups is 1. The number of hydrogen-bond donors (Lipinski definition) is 2. The largest absolute Gasteiger partial charge is 0.356 e. The predicted molar refractivity (Wildman–Crippen MR) is 117 cm³/mol. The Morgan fingerprint density at radius 1 is 1.25 bits per heavy atom. The van der Waals surface area contributed by atoms with Crippen LogP contribution in [0, 0.1) is 0 Å². The van der Waals surface area contributed by atoms with Gasteiger partial charge in [-0.15, -0.1) is 47.1 Å². The molecule has 2 aromatic rings. The molecule has 1 aromatic heterocycles. The first-order valence-corrected chi connectivity index (χ1v) is 9.62. The van der Waals surface area contributed by atoms with Crippen LogP contribution in [0.3, 0.4) is 0 Å². The van der Waals surface area contributed by atoms with Crippen LogP contribution in [0.4, 0.5) is 0 Å². The highest BCUT2D eigenvalue weighted by molar-refractivity contribution is 14.0. The van der Waals surface area contributed by atoms with Gasteiger partial charge >= 0.3 is 0 Å². The molecule has 0 aliphatic carbocycles. The third kappa shape index (κ3) is 7.40. The molecule has 0 unspecified atom stereocenters. The zero-order chi connectivity index (χ0) is 16.5. The Labute approximate surface area is 170 Å². The van der Waals surface area contributed by atoms with Crippen molar-refractivity contribution >= 4 is 53.0 Å². The van der Waals surface area contributed by atoms with E-state index in [9.17, 15) is 0 Å². The Bertz CT molecular complexity index is 614. The lowest BCUT2D eigenvalue weighted by Gasteiger charge is -2.10. The molecule has 0 saturated carbocycles. The fourth-order valence-electron chi connectivity index (χ4n) is 1.92. The monoisotopic (exact) mass is 476 g/mol. The second-order valence-corrected chi connectivity index (χ2v) is 7.40.